The lowest BCUT2D eigenvalue weighted by Crippen LogP contribution is -1.85. The fourth-order valence-electron chi connectivity index (χ4n) is 2.96. The van der Waals surface area contributed by atoms with Crippen LogP contribution in [0.15, 0.2) is 72.8 Å². The fourth-order valence-corrected chi connectivity index (χ4v) is 2.96. The number of hydrogen-bond acceptors (Lipinski definition) is 0. The summed E-state index contributed by atoms with van der Waals surface area (Å²) in [6.07, 6.45) is 18.4. The maximum absolute atomic E-state index is 3.28. The summed E-state index contributed by atoms with van der Waals surface area (Å²) < 4.78 is 0. The topological polar surface area (TPSA) is 0 Å². The maximum Gasteiger partial charge on any atom is 0.0249 e. The van der Waals surface area contributed by atoms with Crippen LogP contribution in [-0.4, -0.2) is 0 Å². The van der Waals surface area contributed by atoms with Crippen LogP contribution in [0.5, 0.6) is 0 Å². The number of hydrogen-bond donors (Lipinski definition) is 0. The molecule has 0 saturated heterocycles. The highest BCUT2D eigenvalue weighted by molar-refractivity contribution is 5.44. The van der Waals surface area contributed by atoms with Gasteiger partial charge in [0.1, 0.15) is 0 Å². The summed E-state index contributed by atoms with van der Waals surface area (Å²) >= 11 is 0. The summed E-state index contributed by atoms with van der Waals surface area (Å²) in [4.78, 5) is 0. The summed E-state index contributed by atoms with van der Waals surface area (Å²) in [5.41, 5.74) is 4.92. The Balaban J connectivity index is 1.82. The summed E-state index contributed by atoms with van der Waals surface area (Å²) in [5, 5.41) is 0. The highest BCUT2D eigenvalue weighted by Gasteiger charge is 1.94. The Hall–Kier alpha value is -2.52. The van der Waals surface area contributed by atoms with E-state index in [0.29, 0.717) is 0 Å². The lowest BCUT2D eigenvalue weighted by molar-refractivity contribution is 0.936. The Morgan fingerprint density at radius 2 is 0.893 bits per heavy atom. The van der Waals surface area contributed by atoms with E-state index in [2.05, 4.69) is 98.5 Å². The van der Waals surface area contributed by atoms with Crippen LogP contribution in [0.2, 0.25) is 0 Å². The zero-order valence-electron chi connectivity index (χ0n) is 17.6. The molecule has 0 spiro atoms. The maximum atomic E-state index is 3.28. The van der Waals surface area contributed by atoms with E-state index in [1.807, 2.05) is 0 Å². The quantitative estimate of drug-likeness (QED) is 0.297. The molecule has 0 fully saturated rings. The van der Waals surface area contributed by atoms with E-state index in [0.717, 1.165) is 36.8 Å². The van der Waals surface area contributed by atoms with Crippen molar-refractivity contribution in [1.82, 2.24) is 0 Å². The van der Waals surface area contributed by atoms with Crippen LogP contribution in [0.3, 0.4) is 0 Å². The lowest BCUT2D eigenvalue weighted by Gasteiger charge is -1.99. The summed E-state index contributed by atoms with van der Waals surface area (Å²) in [7, 11) is 0. The van der Waals surface area contributed by atoms with Crippen LogP contribution < -0.4 is 0 Å². The molecule has 0 saturated carbocycles. The van der Waals surface area contributed by atoms with Gasteiger partial charge in [0.2, 0.25) is 0 Å². The van der Waals surface area contributed by atoms with Gasteiger partial charge in [-0.05, 0) is 73.9 Å². The molecule has 0 heterocycles. The van der Waals surface area contributed by atoms with Gasteiger partial charge in [-0.1, -0.05) is 87.1 Å². The summed E-state index contributed by atoms with van der Waals surface area (Å²) in [6, 6.07) is 17.3. The van der Waals surface area contributed by atoms with E-state index in [9.17, 15) is 0 Å². The molecule has 0 atom stereocenters. The van der Waals surface area contributed by atoms with Gasteiger partial charge in [0.25, 0.3) is 0 Å². The van der Waals surface area contributed by atoms with E-state index >= 15 is 0 Å². The average Bonchev–Trinajstić information content (AvgIpc) is 2.74. The SMILES string of the molecule is CCCC=CCCc1ccc(C#Cc2ccc(CCC=CCCC)cc2)cc1. The van der Waals surface area contributed by atoms with E-state index < -0.39 is 0 Å². The Labute approximate surface area is 172 Å². The lowest BCUT2D eigenvalue weighted by atomic mass is 10.1. The predicted octanol–water partition coefficient (Wildman–Crippen LogP) is 7.66. The summed E-state index contributed by atoms with van der Waals surface area (Å²) in [6.45, 7) is 4.43. The molecule has 2 aromatic carbocycles. The van der Waals surface area contributed by atoms with Gasteiger partial charge in [-0.2, -0.15) is 0 Å². The van der Waals surface area contributed by atoms with E-state index in [1.165, 1.54) is 36.8 Å². The van der Waals surface area contributed by atoms with Gasteiger partial charge >= 0.3 is 0 Å². The van der Waals surface area contributed by atoms with Gasteiger partial charge in [0.05, 0.1) is 0 Å². The molecule has 0 aromatic heterocycles. The number of allylic oxidation sites excluding steroid dienone is 4. The number of unbranched alkanes of at least 4 members (excludes halogenated alkanes) is 2. The molecule has 2 rings (SSSR count). The van der Waals surface area contributed by atoms with Gasteiger partial charge < -0.3 is 0 Å². The first kappa shape index (κ1) is 21.8. The fraction of sp³-hybridized carbons (Fsp3) is 0.357. The Kier molecular flexibility index (Phi) is 10.6. The van der Waals surface area contributed by atoms with Gasteiger partial charge in [-0.15, -0.1) is 0 Å². The monoisotopic (exact) mass is 370 g/mol. The Morgan fingerprint density at radius 1 is 0.536 bits per heavy atom. The molecule has 0 heteroatoms. The van der Waals surface area contributed by atoms with Crippen LogP contribution in [0.1, 0.15) is 74.6 Å². The van der Waals surface area contributed by atoms with Crippen molar-refractivity contribution in [3.63, 3.8) is 0 Å². The van der Waals surface area contributed by atoms with Crippen molar-refractivity contribution in [2.75, 3.05) is 0 Å². The standard InChI is InChI=1S/C28H34/c1-3-5-7-9-11-13-25-15-19-27(20-16-25)23-24-28-21-17-26(18-22-28)14-12-10-8-6-4-2/h7-10,15-22H,3-6,11-14H2,1-2H3. The van der Waals surface area contributed by atoms with Gasteiger partial charge in [-0.3, -0.25) is 0 Å². The second kappa shape index (κ2) is 13.6. The average molecular weight is 371 g/mol. The minimum absolute atomic E-state index is 1.08. The molecule has 0 nitrogen and oxygen atoms in total. The van der Waals surface area contributed by atoms with Crippen LogP contribution in [-0.2, 0) is 12.8 Å². The minimum atomic E-state index is 1.08. The van der Waals surface area contributed by atoms with Crippen LogP contribution >= 0.6 is 0 Å². The molecule has 2 aromatic rings. The second-order valence-corrected chi connectivity index (χ2v) is 7.24. The zero-order chi connectivity index (χ0) is 19.9. The number of aryl methyl sites for hydroxylation is 2. The van der Waals surface area contributed by atoms with Crippen LogP contribution in [0, 0.1) is 11.8 Å². The van der Waals surface area contributed by atoms with Gasteiger partial charge in [-0.25, -0.2) is 0 Å². The molecule has 0 unspecified atom stereocenters. The van der Waals surface area contributed by atoms with Gasteiger partial charge in [0.15, 0.2) is 0 Å². The van der Waals surface area contributed by atoms with E-state index in [-0.39, 0.29) is 0 Å². The largest absolute Gasteiger partial charge is 0.0885 e. The van der Waals surface area contributed by atoms with Crippen LogP contribution in [0.4, 0.5) is 0 Å². The van der Waals surface area contributed by atoms with Crippen LogP contribution in [0.25, 0.3) is 0 Å². The second-order valence-electron chi connectivity index (χ2n) is 7.24. The smallest absolute Gasteiger partial charge is 0.0249 e. The number of benzene rings is 2. The molecule has 0 aliphatic carbocycles. The molecule has 0 radical (unpaired) electrons. The third kappa shape index (κ3) is 8.92. The van der Waals surface area contributed by atoms with E-state index in [4.69, 9.17) is 0 Å². The molecule has 0 aliphatic heterocycles. The molecular weight excluding hydrogens is 336 g/mol. The Bertz CT molecular complexity index is 709. The molecule has 0 N–H and O–H groups in total. The molecule has 0 amide bonds. The first-order chi connectivity index (χ1) is 13.8. The van der Waals surface area contributed by atoms with Crippen molar-refractivity contribution >= 4 is 0 Å². The van der Waals surface area contributed by atoms with Crippen molar-refractivity contribution < 1.29 is 0 Å². The molecule has 146 valence electrons. The van der Waals surface area contributed by atoms with Crippen molar-refractivity contribution in [1.29, 1.82) is 0 Å². The predicted molar refractivity (Wildman–Crippen MR) is 124 cm³/mol. The Morgan fingerprint density at radius 3 is 1.25 bits per heavy atom. The summed E-state index contributed by atoms with van der Waals surface area (Å²) in [5.74, 6) is 6.57. The van der Waals surface area contributed by atoms with Crippen molar-refractivity contribution in [3.05, 3.63) is 95.1 Å². The minimum Gasteiger partial charge on any atom is -0.0885 e. The van der Waals surface area contributed by atoms with Crippen molar-refractivity contribution in [2.24, 2.45) is 0 Å². The normalized spacial score (nSPS) is 11.1. The highest BCUT2D eigenvalue weighted by Crippen LogP contribution is 2.09. The molecule has 0 bridgehead atoms. The van der Waals surface area contributed by atoms with E-state index in [1.54, 1.807) is 0 Å². The highest BCUT2D eigenvalue weighted by atomic mass is 14.0. The van der Waals surface area contributed by atoms with Crippen molar-refractivity contribution in [2.45, 2.75) is 65.2 Å². The number of rotatable bonds is 10. The third-order valence-electron chi connectivity index (χ3n) is 4.70. The molecule has 0 aliphatic rings. The first-order valence-electron chi connectivity index (χ1n) is 10.8. The third-order valence-corrected chi connectivity index (χ3v) is 4.70. The molecule has 28 heavy (non-hydrogen) atoms. The first-order valence-corrected chi connectivity index (χ1v) is 10.8. The van der Waals surface area contributed by atoms with Crippen molar-refractivity contribution in [3.8, 4) is 11.8 Å². The molecular formula is C28H34. The zero-order valence-corrected chi connectivity index (χ0v) is 17.6. The van der Waals surface area contributed by atoms with Gasteiger partial charge in [0, 0.05) is 11.1 Å².